The number of nitrogens with one attached hydrogen (secondary N) is 1. The van der Waals surface area contributed by atoms with E-state index in [0.29, 0.717) is 10.0 Å². The first-order chi connectivity index (χ1) is 13.6. The van der Waals surface area contributed by atoms with Crippen molar-refractivity contribution < 1.29 is 37.3 Å². The molecule has 2 aromatic carbocycles. The largest absolute Gasteiger partial charge is 0.493 e. The summed E-state index contributed by atoms with van der Waals surface area (Å²) in [5, 5.41) is 11.0. The molecule has 2 aromatic rings. The fourth-order valence-corrected chi connectivity index (χ4v) is 2.68. The number of carboxylic acid groups (broad SMARTS) is 1. The molecule has 0 bridgehead atoms. The lowest BCUT2D eigenvalue weighted by Gasteiger charge is -2.13. The maximum absolute atomic E-state index is 12.7. The second-order valence-electron chi connectivity index (χ2n) is 5.61. The molecular weight excluding hydrogens is 459 g/mol. The van der Waals surface area contributed by atoms with E-state index in [4.69, 9.17) is 14.6 Å². The van der Waals surface area contributed by atoms with Crippen LogP contribution < -0.4 is 14.8 Å². The van der Waals surface area contributed by atoms with E-state index in [2.05, 4.69) is 21.2 Å². The SMILES string of the molecule is COc1cc(C=CC(=O)O)c(Br)cc1OCC(=O)Nc1cccc(C(F)(F)F)c1. The van der Waals surface area contributed by atoms with Gasteiger partial charge in [0.25, 0.3) is 5.91 Å². The lowest BCUT2D eigenvalue weighted by atomic mass is 10.2. The Kier molecular flexibility index (Phi) is 7.27. The number of aliphatic carboxylic acids is 1. The second-order valence-corrected chi connectivity index (χ2v) is 6.47. The Balaban J connectivity index is 2.08. The van der Waals surface area contributed by atoms with Crippen molar-refractivity contribution >= 4 is 39.6 Å². The molecule has 2 N–H and O–H groups in total. The summed E-state index contributed by atoms with van der Waals surface area (Å²) in [4.78, 5) is 22.7. The Morgan fingerprint density at radius 2 is 1.93 bits per heavy atom. The first-order valence-electron chi connectivity index (χ1n) is 7.98. The summed E-state index contributed by atoms with van der Waals surface area (Å²) < 4.78 is 49.3. The Morgan fingerprint density at radius 1 is 1.21 bits per heavy atom. The quantitative estimate of drug-likeness (QED) is 0.574. The van der Waals surface area contributed by atoms with Crippen molar-refractivity contribution in [3.63, 3.8) is 0 Å². The average molecular weight is 474 g/mol. The third-order valence-corrected chi connectivity index (χ3v) is 4.21. The van der Waals surface area contributed by atoms with Crippen molar-refractivity contribution in [1.29, 1.82) is 0 Å². The zero-order valence-electron chi connectivity index (χ0n) is 14.9. The van der Waals surface area contributed by atoms with Crippen molar-refractivity contribution in [2.45, 2.75) is 6.18 Å². The number of carbonyl (C=O) groups is 2. The van der Waals surface area contributed by atoms with E-state index < -0.39 is 30.2 Å². The third kappa shape index (κ3) is 6.53. The summed E-state index contributed by atoms with van der Waals surface area (Å²) in [6.07, 6.45) is -2.23. The van der Waals surface area contributed by atoms with Crippen LogP contribution in [-0.2, 0) is 15.8 Å². The molecule has 6 nitrogen and oxygen atoms in total. The van der Waals surface area contributed by atoms with E-state index in [0.717, 1.165) is 18.2 Å². The van der Waals surface area contributed by atoms with Crippen molar-refractivity contribution in [3.05, 3.63) is 58.1 Å². The number of hydrogen-bond acceptors (Lipinski definition) is 4. The van der Waals surface area contributed by atoms with Crippen LogP contribution in [0.2, 0.25) is 0 Å². The zero-order valence-corrected chi connectivity index (χ0v) is 16.5. The first kappa shape index (κ1) is 22.3. The minimum atomic E-state index is -4.52. The Bertz CT molecular complexity index is 944. The summed E-state index contributed by atoms with van der Waals surface area (Å²) in [5.74, 6) is -1.36. The van der Waals surface area contributed by atoms with Crippen LogP contribution in [0, 0.1) is 0 Å². The predicted molar refractivity (Wildman–Crippen MR) is 103 cm³/mol. The number of amides is 1. The van der Waals surface area contributed by atoms with Crippen molar-refractivity contribution in [3.8, 4) is 11.5 Å². The number of carbonyl (C=O) groups excluding carboxylic acids is 1. The topological polar surface area (TPSA) is 84.9 Å². The monoisotopic (exact) mass is 473 g/mol. The number of methoxy groups -OCH3 is 1. The highest BCUT2D eigenvalue weighted by Gasteiger charge is 2.30. The van der Waals surface area contributed by atoms with Gasteiger partial charge >= 0.3 is 12.1 Å². The van der Waals surface area contributed by atoms with Gasteiger partial charge in [-0.25, -0.2) is 4.79 Å². The van der Waals surface area contributed by atoms with E-state index in [9.17, 15) is 22.8 Å². The number of benzene rings is 2. The molecule has 0 saturated heterocycles. The summed E-state index contributed by atoms with van der Waals surface area (Å²) in [5.41, 5.74) is -0.396. The molecule has 0 spiro atoms. The number of halogens is 4. The number of hydrogen-bond donors (Lipinski definition) is 2. The van der Waals surface area contributed by atoms with Gasteiger partial charge in [0.05, 0.1) is 12.7 Å². The van der Waals surface area contributed by atoms with Gasteiger partial charge in [0.2, 0.25) is 0 Å². The van der Waals surface area contributed by atoms with Crippen LogP contribution in [0.4, 0.5) is 18.9 Å². The van der Waals surface area contributed by atoms with Crippen LogP contribution in [0.3, 0.4) is 0 Å². The molecule has 0 aliphatic carbocycles. The van der Waals surface area contributed by atoms with Crippen molar-refractivity contribution in [2.24, 2.45) is 0 Å². The molecule has 0 aliphatic heterocycles. The lowest BCUT2D eigenvalue weighted by Crippen LogP contribution is -2.20. The summed E-state index contributed by atoms with van der Waals surface area (Å²) in [7, 11) is 1.36. The average Bonchev–Trinajstić information content (AvgIpc) is 2.65. The first-order valence-corrected chi connectivity index (χ1v) is 8.78. The van der Waals surface area contributed by atoms with Crippen LogP contribution in [0.1, 0.15) is 11.1 Å². The molecule has 0 radical (unpaired) electrons. The minimum Gasteiger partial charge on any atom is -0.493 e. The molecule has 154 valence electrons. The smallest absolute Gasteiger partial charge is 0.416 e. The molecule has 0 heterocycles. The van der Waals surface area contributed by atoms with E-state index in [1.807, 2.05) is 0 Å². The molecule has 29 heavy (non-hydrogen) atoms. The van der Waals surface area contributed by atoms with Gasteiger partial charge in [0.15, 0.2) is 18.1 Å². The Labute approximate surface area is 172 Å². The number of carboxylic acids is 1. The maximum atomic E-state index is 12.7. The van der Waals surface area contributed by atoms with E-state index in [1.165, 1.54) is 37.5 Å². The third-order valence-electron chi connectivity index (χ3n) is 3.52. The molecule has 1 amide bonds. The molecule has 0 atom stereocenters. The fraction of sp³-hybridized carbons (Fsp3) is 0.158. The van der Waals surface area contributed by atoms with E-state index in [-0.39, 0.29) is 17.2 Å². The Morgan fingerprint density at radius 3 is 2.55 bits per heavy atom. The van der Waals surface area contributed by atoms with Crippen LogP contribution in [0.5, 0.6) is 11.5 Å². The molecule has 2 rings (SSSR count). The van der Waals surface area contributed by atoms with Gasteiger partial charge in [-0.15, -0.1) is 0 Å². The molecule has 0 unspecified atom stereocenters. The van der Waals surface area contributed by atoms with E-state index >= 15 is 0 Å². The van der Waals surface area contributed by atoms with Crippen molar-refractivity contribution in [1.82, 2.24) is 0 Å². The van der Waals surface area contributed by atoms with Gasteiger partial charge in [-0.05, 0) is 42.0 Å². The van der Waals surface area contributed by atoms with Gasteiger partial charge in [-0.2, -0.15) is 13.2 Å². The van der Waals surface area contributed by atoms with E-state index in [1.54, 1.807) is 0 Å². The molecule has 0 fully saturated rings. The van der Waals surface area contributed by atoms with Crippen molar-refractivity contribution in [2.75, 3.05) is 19.0 Å². The van der Waals surface area contributed by atoms with Gasteiger partial charge in [0.1, 0.15) is 0 Å². The summed E-state index contributed by atoms with van der Waals surface area (Å²) >= 11 is 3.26. The molecular formula is C19H15BrF3NO5. The molecule has 0 saturated carbocycles. The highest BCUT2D eigenvalue weighted by atomic mass is 79.9. The number of anilines is 1. The number of ether oxygens (including phenoxy) is 2. The maximum Gasteiger partial charge on any atom is 0.416 e. The molecule has 10 heteroatoms. The van der Waals surface area contributed by atoms with Crippen LogP contribution in [0.15, 0.2) is 46.9 Å². The van der Waals surface area contributed by atoms with Crippen LogP contribution in [0.25, 0.3) is 6.08 Å². The molecule has 0 aliphatic rings. The second kappa shape index (κ2) is 9.46. The van der Waals surface area contributed by atoms with Crippen LogP contribution in [-0.4, -0.2) is 30.7 Å². The fourth-order valence-electron chi connectivity index (χ4n) is 2.23. The van der Waals surface area contributed by atoms with Gasteiger partial charge in [-0.3, -0.25) is 4.79 Å². The highest BCUT2D eigenvalue weighted by molar-refractivity contribution is 9.10. The van der Waals surface area contributed by atoms with Crippen LogP contribution >= 0.6 is 15.9 Å². The summed E-state index contributed by atoms with van der Waals surface area (Å²) in [6, 6.07) is 7.21. The van der Waals surface area contributed by atoms with Gasteiger partial charge in [-0.1, -0.05) is 22.0 Å². The highest BCUT2D eigenvalue weighted by Crippen LogP contribution is 2.34. The standard InChI is InChI=1S/C19H15BrF3NO5/c1-28-15-7-11(5-6-18(26)27)14(20)9-16(15)29-10-17(25)24-13-4-2-3-12(8-13)19(21,22)23/h2-9H,10H2,1H3,(H,24,25)(H,26,27). The zero-order chi connectivity index (χ0) is 21.6. The number of rotatable bonds is 7. The summed E-state index contributed by atoms with van der Waals surface area (Å²) in [6.45, 7) is -0.483. The van der Waals surface area contributed by atoms with Gasteiger partial charge in [0, 0.05) is 16.2 Å². The minimum absolute atomic E-state index is 0.0178. The normalized spacial score (nSPS) is 11.3. The Hall–Kier alpha value is -3.01. The molecule has 0 aromatic heterocycles. The number of alkyl halides is 3. The lowest BCUT2D eigenvalue weighted by molar-refractivity contribution is -0.137. The predicted octanol–water partition coefficient (Wildman–Crippen LogP) is 4.59. The van der Waals surface area contributed by atoms with Gasteiger partial charge < -0.3 is 19.9 Å².